The number of ether oxygens (including phenoxy) is 4. The molecule has 0 unspecified atom stereocenters. The highest BCUT2D eigenvalue weighted by Crippen LogP contribution is 2.37. The highest BCUT2D eigenvalue weighted by Gasteiger charge is 2.38. The maximum absolute atomic E-state index is 15.1. The summed E-state index contributed by atoms with van der Waals surface area (Å²) in [6.45, 7) is 2.83. The standard InChI is InChI=1S/C39H38Cl2F3N3O7/c1-23(2)51-35-17-27(11-12-33(35)53-38(43)44)34(18-28-29(40)20-46(50)21-30(28)41)52-37(48)26-9-7-24(8-10-26)19-47(32-6-4-3-5-31(32)42)39(49)54-36-22-45-15-13-25(36)14-16-45/h3-12,17,20-21,23,25,34,36,38H,13-16,18-19,22H2,1-2H3/t34-,36-/m0/s1. The summed E-state index contributed by atoms with van der Waals surface area (Å²) in [7, 11) is 0. The van der Waals surface area contributed by atoms with E-state index in [4.69, 9.17) is 37.4 Å². The van der Waals surface area contributed by atoms with Crippen LogP contribution in [-0.2, 0) is 22.4 Å². The molecule has 3 aliphatic heterocycles. The van der Waals surface area contributed by atoms with E-state index in [2.05, 4.69) is 9.64 Å². The molecule has 1 aromatic heterocycles. The van der Waals surface area contributed by atoms with Crippen molar-refractivity contribution >= 4 is 41.0 Å². The number of carbonyl (C=O) groups is 2. The van der Waals surface area contributed by atoms with E-state index in [0.29, 0.717) is 28.0 Å². The van der Waals surface area contributed by atoms with Gasteiger partial charge in [-0.2, -0.15) is 13.5 Å². The van der Waals surface area contributed by atoms with Crippen LogP contribution in [0.1, 0.15) is 59.8 Å². The molecule has 0 radical (unpaired) electrons. The topological polar surface area (TPSA) is 104 Å². The van der Waals surface area contributed by atoms with E-state index in [1.54, 1.807) is 32.0 Å². The lowest BCUT2D eigenvalue weighted by atomic mass is 9.86. The summed E-state index contributed by atoms with van der Waals surface area (Å²) in [5.74, 6) is -1.33. The zero-order chi connectivity index (χ0) is 38.5. The van der Waals surface area contributed by atoms with Gasteiger partial charge < -0.3 is 24.2 Å². The minimum Gasteiger partial charge on any atom is -0.619 e. The van der Waals surface area contributed by atoms with Crippen molar-refractivity contribution in [2.45, 2.75) is 64.6 Å². The number of carbonyl (C=O) groups excluding carboxylic acids is 2. The highest BCUT2D eigenvalue weighted by atomic mass is 35.5. The minimum atomic E-state index is -3.11. The van der Waals surface area contributed by atoms with Crippen LogP contribution in [0.5, 0.6) is 11.5 Å². The van der Waals surface area contributed by atoms with E-state index in [1.807, 2.05) is 0 Å². The van der Waals surface area contributed by atoms with Crippen LogP contribution in [0.3, 0.4) is 0 Å². The van der Waals surface area contributed by atoms with Crippen LogP contribution in [0.25, 0.3) is 0 Å². The number of rotatable bonds is 13. The lowest BCUT2D eigenvalue weighted by Crippen LogP contribution is -2.53. The van der Waals surface area contributed by atoms with Gasteiger partial charge in [0.1, 0.15) is 28.1 Å². The van der Waals surface area contributed by atoms with Gasteiger partial charge in [-0.05, 0) is 93.2 Å². The smallest absolute Gasteiger partial charge is 0.415 e. The van der Waals surface area contributed by atoms with Gasteiger partial charge in [-0.3, -0.25) is 9.80 Å². The van der Waals surface area contributed by atoms with Crippen LogP contribution in [0.15, 0.2) is 79.1 Å². The average Bonchev–Trinajstić information content (AvgIpc) is 3.13. The van der Waals surface area contributed by atoms with Crippen LogP contribution >= 0.6 is 23.2 Å². The molecule has 0 N–H and O–H groups in total. The average molecular weight is 789 g/mol. The van der Waals surface area contributed by atoms with Crippen molar-refractivity contribution in [1.82, 2.24) is 4.90 Å². The number of anilines is 1. The number of esters is 1. The Bertz CT molecular complexity index is 1940. The third-order valence-corrected chi connectivity index (χ3v) is 10.0. The second kappa shape index (κ2) is 17.2. The van der Waals surface area contributed by atoms with E-state index in [-0.39, 0.29) is 57.8 Å². The van der Waals surface area contributed by atoms with Crippen LogP contribution in [0, 0.1) is 16.9 Å². The summed E-state index contributed by atoms with van der Waals surface area (Å²) in [5.41, 5.74) is 1.41. The van der Waals surface area contributed by atoms with Gasteiger partial charge in [0, 0.05) is 18.5 Å². The first kappa shape index (κ1) is 39.0. The van der Waals surface area contributed by atoms with Gasteiger partial charge >= 0.3 is 18.7 Å². The van der Waals surface area contributed by atoms with E-state index >= 15 is 4.39 Å². The number of nitrogens with zero attached hydrogens (tertiary/aromatic N) is 3. The Kier molecular flexibility index (Phi) is 12.4. The second-order valence-electron chi connectivity index (χ2n) is 13.4. The molecule has 0 spiro atoms. The number of hydrogen-bond acceptors (Lipinski definition) is 8. The van der Waals surface area contributed by atoms with Crippen molar-refractivity contribution in [3.8, 4) is 11.5 Å². The lowest BCUT2D eigenvalue weighted by molar-refractivity contribution is -0.605. The summed E-state index contributed by atoms with van der Waals surface area (Å²) in [6, 6.07) is 16.3. The van der Waals surface area contributed by atoms with Gasteiger partial charge in [-0.15, -0.1) is 0 Å². The van der Waals surface area contributed by atoms with E-state index in [9.17, 15) is 23.6 Å². The number of fused-ring (bicyclic) bond motifs is 3. The summed E-state index contributed by atoms with van der Waals surface area (Å²) in [4.78, 5) is 30.8. The fourth-order valence-electron chi connectivity index (χ4n) is 6.69. The van der Waals surface area contributed by atoms with Gasteiger partial charge in [-0.25, -0.2) is 14.0 Å². The number of benzene rings is 3. The summed E-state index contributed by atoms with van der Waals surface area (Å²) in [5, 5.41) is 12.0. The molecule has 3 fully saturated rings. The Labute approximate surface area is 320 Å². The molecule has 286 valence electrons. The van der Waals surface area contributed by atoms with Gasteiger partial charge in [-0.1, -0.05) is 53.5 Å². The molecular weight excluding hydrogens is 750 g/mol. The fourth-order valence-corrected chi connectivity index (χ4v) is 7.28. The molecule has 1 amide bonds. The predicted molar refractivity (Wildman–Crippen MR) is 195 cm³/mol. The lowest BCUT2D eigenvalue weighted by Gasteiger charge is -2.44. The molecule has 0 aliphatic carbocycles. The van der Waals surface area contributed by atoms with Crippen molar-refractivity contribution < 1.29 is 46.4 Å². The Morgan fingerprint density at radius 1 is 0.963 bits per heavy atom. The molecule has 4 heterocycles. The maximum atomic E-state index is 15.1. The van der Waals surface area contributed by atoms with Crippen molar-refractivity contribution in [3.05, 3.63) is 122 Å². The molecule has 4 aromatic rings. The van der Waals surface area contributed by atoms with E-state index in [1.165, 1.54) is 53.4 Å². The van der Waals surface area contributed by atoms with Crippen molar-refractivity contribution in [2.75, 3.05) is 24.5 Å². The van der Waals surface area contributed by atoms with Crippen molar-refractivity contribution in [3.63, 3.8) is 0 Å². The van der Waals surface area contributed by atoms with Crippen LogP contribution < -0.4 is 19.1 Å². The largest absolute Gasteiger partial charge is 0.619 e. The molecule has 15 heteroatoms. The predicted octanol–water partition coefficient (Wildman–Crippen LogP) is 8.53. The Hall–Kier alpha value is -4.72. The Morgan fingerprint density at radius 2 is 1.65 bits per heavy atom. The van der Waals surface area contributed by atoms with Crippen LogP contribution in [-0.4, -0.2) is 55.4 Å². The molecule has 2 atom stereocenters. The van der Waals surface area contributed by atoms with Gasteiger partial charge in [0.05, 0.1) is 23.9 Å². The monoisotopic (exact) mass is 787 g/mol. The van der Waals surface area contributed by atoms with Crippen LogP contribution in [0.4, 0.5) is 23.7 Å². The molecule has 3 aromatic carbocycles. The first-order valence-corrected chi connectivity index (χ1v) is 18.2. The van der Waals surface area contributed by atoms with Gasteiger partial charge in [0.15, 0.2) is 23.9 Å². The fraction of sp³-hybridized carbons (Fsp3) is 0.359. The molecule has 3 aliphatic rings. The van der Waals surface area contributed by atoms with Gasteiger partial charge in [0.2, 0.25) is 0 Å². The number of piperidine rings is 3. The molecule has 54 heavy (non-hydrogen) atoms. The zero-order valence-electron chi connectivity index (χ0n) is 29.4. The van der Waals surface area contributed by atoms with E-state index < -0.39 is 36.7 Å². The first-order chi connectivity index (χ1) is 25.8. The van der Waals surface area contributed by atoms with Gasteiger partial charge in [0.25, 0.3) is 0 Å². The number of halogens is 5. The number of pyridine rings is 1. The third-order valence-electron chi connectivity index (χ3n) is 9.36. The number of hydrogen-bond donors (Lipinski definition) is 0. The molecule has 7 rings (SSSR count). The summed E-state index contributed by atoms with van der Waals surface area (Å²) < 4.78 is 64.2. The quantitative estimate of drug-likeness (QED) is 0.0755. The van der Waals surface area contributed by atoms with E-state index in [0.717, 1.165) is 38.3 Å². The zero-order valence-corrected chi connectivity index (χ0v) is 30.9. The summed E-state index contributed by atoms with van der Waals surface area (Å²) >= 11 is 12.7. The Morgan fingerprint density at radius 3 is 2.26 bits per heavy atom. The summed E-state index contributed by atoms with van der Waals surface area (Å²) in [6.07, 6.45) is 1.51. The first-order valence-electron chi connectivity index (χ1n) is 17.4. The Balaban J connectivity index is 1.24. The minimum absolute atomic E-state index is 0.0118. The number of para-hydroxylation sites is 1. The molecule has 3 saturated heterocycles. The van der Waals surface area contributed by atoms with Crippen LogP contribution in [0.2, 0.25) is 10.0 Å². The maximum Gasteiger partial charge on any atom is 0.415 e. The number of aromatic nitrogens is 1. The molecule has 10 nitrogen and oxygen atoms in total. The normalized spacial score (nSPS) is 18.4. The highest BCUT2D eigenvalue weighted by molar-refractivity contribution is 6.35. The van der Waals surface area contributed by atoms with Crippen molar-refractivity contribution in [1.29, 1.82) is 0 Å². The van der Waals surface area contributed by atoms with Crippen molar-refractivity contribution in [2.24, 2.45) is 5.92 Å². The number of alkyl halides is 2. The molecule has 2 bridgehead atoms. The second-order valence-corrected chi connectivity index (χ2v) is 14.3. The number of amides is 1. The SMILES string of the molecule is CC(C)Oc1cc([C@H](Cc2c(Cl)c[n+]([O-])cc2Cl)OC(=O)c2ccc(CN(C(=O)O[C@H]3CN4CCC3CC4)c3ccccc3F)cc2)ccc1OC(F)F. The molecular formula is C39H38Cl2F3N3O7. The molecule has 0 saturated carbocycles. The third kappa shape index (κ3) is 9.49.